The molecule has 2 aromatic rings. The smallest absolute Gasteiger partial charge is 0.239 e. The lowest BCUT2D eigenvalue weighted by Crippen LogP contribution is -2.30. The fourth-order valence-electron chi connectivity index (χ4n) is 4.63. The molecule has 0 spiro atoms. The summed E-state index contributed by atoms with van der Waals surface area (Å²) in [4.78, 5) is 24.5. The first kappa shape index (κ1) is 31.4. The van der Waals surface area contributed by atoms with Gasteiger partial charge in [-0.2, -0.15) is 0 Å². The van der Waals surface area contributed by atoms with E-state index in [2.05, 4.69) is 22.9 Å². The summed E-state index contributed by atoms with van der Waals surface area (Å²) < 4.78 is 0. The van der Waals surface area contributed by atoms with E-state index in [9.17, 15) is 9.59 Å². The summed E-state index contributed by atoms with van der Waals surface area (Å²) >= 11 is 0. The molecule has 210 valence electrons. The summed E-state index contributed by atoms with van der Waals surface area (Å²) in [5, 5.41) is 9.10. The number of carbonyl (C=O) groups excluding carboxylic acids is 2. The SMILES string of the molecule is CCCCCCCCCCCCCCCCNC(=O)CNc1cccc(NC(=O)CCc2ccccc2)c1. The predicted octanol–water partition coefficient (Wildman–Crippen LogP) is 8.27. The third-order valence-electron chi connectivity index (χ3n) is 6.94. The minimum Gasteiger partial charge on any atom is -0.376 e. The third-order valence-corrected chi connectivity index (χ3v) is 6.94. The Balaban J connectivity index is 1.44. The van der Waals surface area contributed by atoms with Gasteiger partial charge in [-0.15, -0.1) is 0 Å². The van der Waals surface area contributed by atoms with Crippen LogP contribution >= 0.6 is 0 Å². The lowest BCUT2D eigenvalue weighted by molar-refractivity contribution is -0.119. The molecule has 3 N–H and O–H groups in total. The number of hydrogen-bond acceptors (Lipinski definition) is 3. The summed E-state index contributed by atoms with van der Waals surface area (Å²) in [6.07, 6.45) is 19.8. The molecule has 5 heteroatoms. The van der Waals surface area contributed by atoms with Crippen molar-refractivity contribution in [2.45, 2.75) is 110 Å². The van der Waals surface area contributed by atoms with Crippen molar-refractivity contribution < 1.29 is 9.59 Å². The maximum atomic E-state index is 12.3. The second-order valence-electron chi connectivity index (χ2n) is 10.4. The van der Waals surface area contributed by atoms with Crippen LogP contribution in [0, 0.1) is 0 Å². The van der Waals surface area contributed by atoms with Crippen molar-refractivity contribution in [3.05, 3.63) is 60.2 Å². The molecule has 0 aliphatic rings. The Morgan fingerprint density at radius 1 is 0.632 bits per heavy atom. The Labute approximate surface area is 231 Å². The molecule has 0 bridgehead atoms. The Kier molecular flexibility index (Phi) is 17.5. The number of hydrogen-bond donors (Lipinski definition) is 3. The van der Waals surface area contributed by atoms with Crippen LogP contribution in [0.2, 0.25) is 0 Å². The van der Waals surface area contributed by atoms with E-state index in [1.54, 1.807) is 0 Å². The van der Waals surface area contributed by atoms with E-state index >= 15 is 0 Å². The standard InChI is InChI=1S/C33H51N3O2/c1-2-3-4-5-6-7-8-9-10-11-12-13-14-18-26-34-33(38)28-35-30-22-19-23-31(27-30)36-32(37)25-24-29-20-16-15-17-21-29/h15-17,19-23,27,35H,2-14,18,24-26,28H2,1H3,(H,34,38)(H,36,37). The highest BCUT2D eigenvalue weighted by molar-refractivity contribution is 5.91. The summed E-state index contributed by atoms with van der Waals surface area (Å²) in [5.74, 6) is -0.0195. The van der Waals surface area contributed by atoms with Crippen LogP contribution < -0.4 is 16.0 Å². The highest BCUT2D eigenvalue weighted by Crippen LogP contribution is 2.16. The van der Waals surface area contributed by atoms with E-state index in [1.807, 2.05) is 54.6 Å². The zero-order valence-corrected chi connectivity index (χ0v) is 23.7. The van der Waals surface area contributed by atoms with Gasteiger partial charge in [-0.25, -0.2) is 0 Å². The Bertz CT molecular complexity index is 885. The molecule has 2 amide bonds. The molecule has 0 aromatic heterocycles. The molecule has 0 atom stereocenters. The fraction of sp³-hybridized carbons (Fsp3) is 0.576. The third kappa shape index (κ3) is 16.1. The maximum Gasteiger partial charge on any atom is 0.239 e. The van der Waals surface area contributed by atoms with Crippen LogP contribution in [0.3, 0.4) is 0 Å². The number of unbranched alkanes of at least 4 members (excludes halogenated alkanes) is 13. The van der Waals surface area contributed by atoms with Crippen LogP contribution in [0.5, 0.6) is 0 Å². The highest BCUT2D eigenvalue weighted by atomic mass is 16.2. The van der Waals surface area contributed by atoms with Gasteiger partial charge < -0.3 is 16.0 Å². The fourth-order valence-corrected chi connectivity index (χ4v) is 4.63. The maximum absolute atomic E-state index is 12.3. The van der Waals surface area contributed by atoms with Gasteiger partial charge in [0.05, 0.1) is 6.54 Å². The van der Waals surface area contributed by atoms with Crippen molar-refractivity contribution in [2.24, 2.45) is 0 Å². The summed E-state index contributed by atoms with van der Waals surface area (Å²) in [5.41, 5.74) is 2.70. The van der Waals surface area contributed by atoms with Gasteiger partial charge in [-0.3, -0.25) is 9.59 Å². The van der Waals surface area contributed by atoms with Gasteiger partial charge >= 0.3 is 0 Å². The lowest BCUT2D eigenvalue weighted by Gasteiger charge is -2.10. The molecule has 0 aliphatic heterocycles. The molecule has 2 rings (SSSR count). The Morgan fingerprint density at radius 3 is 1.84 bits per heavy atom. The van der Waals surface area contributed by atoms with Crippen LogP contribution in [0.15, 0.2) is 54.6 Å². The molecule has 38 heavy (non-hydrogen) atoms. The Hall–Kier alpha value is -2.82. The number of rotatable bonds is 22. The molecule has 0 saturated heterocycles. The van der Waals surface area contributed by atoms with Crippen LogP contribution in [0.25, 0.3) is 0 Å². The number of nitrogens with one attached hydrogen (secondary N) is 3. The minimum absolute atomic E-state index is 0.00278. The van der Waals surface area contributed by atoms with Gasteiger partial charge in [0.1, 0.15) is 0 Å². The van der Waals surface area contributed by atoms with E-state index in [4.69, 9.17) is 0 Å². The molecule has 5 nitrogen and oxygen atoms in total. The summed E-state index contributed by atoms with van der Waals surface area (Å²) in [6, 6.07) is 17.5. The molecular weight excluding hydrogens is 470 g/mol. The van der Waals surface area contributed by atoms with Crippen molar-refractivity contribution in [3.63, 3.8) is 0 Å². The van der Waals surface area contributed by atoms with Crippen LogP contribution in [0.1, 0.15) is 109 Å². The quantitative estimate of drug-likeness (QED) is 0.137. The van der Waals surface area contributed by atoms with Gasteiger partial charge in [-0.1, -0.05) is 127 Å². The van der Waals surface area contributed by atoms with Gasteiger partial charge in [0, 0.05) is 24.3 Å². The molecule has 0 saturated carbocycles. The first-order valence-electron chi connectivity index (χ1n) is 15.1. The molecule has 0 unspecified atom stereocenters. The number of anilines is 2. The topological polar surface area (TPSA) is 70.2 Å². The van der Waals surface area contributed by atoms with Crippen molar-refractivity contribution in [3.8, 4) is 0 Å². The zero-order valence-electron chi connectivity index (χ0n) is 23.7. The van der Waals surface area contributed by atoms with E-state index in [1.165, 1.54) is 83.5 Å². The molecule has 0 fully saturated rings. The predicted molar refractivity (Wildman–Crippen MR) is 162 cm³/mol. The van der Waals surface area contributed by atoms with E-state index < -0.39 is 0 Å². The van der Waals surface area contributed by atoms with Gasteiger partial charge in [0.2, 0.25) is 11.8 Å². The van der Waals surface area contributed by atoms with Crippen LogP contribution in [-0.4, -0.2) is 24.9 Å². The molecule has 0 heterocycles. The van der Waals surface area contributed by atoms with Crippen molar-refractivity contribution >= 4 is 23.2 Å². The summed E-state index contributed by atoms with van der Waals surface area (Å²) in [6.45, 7) is 3.23. The summed E-state index contributed by atoms with van der Waals surface area (Å²) in [7, 11) is 0. The first-order valence-corrected chi connectivity index (χ1v) is 15.1. The van der Waals surface area contributed by atoms with Gasteiger partial charge in [0.25, 0.3) is 0 Å². The van der Waals surface area contributed by atoms with Crippen molar-refractivity contribution in [1.82, 2.24) is 5.32 Å². The second kappa shape index (κ2) is 21.2. The van der Waals surface area contributed by atoms with Gasteiger partial charge in [0.15, 0.2) is 0 Å². The number of carbonyl (C=O) groups is 2. The minimum atomic E-state index is -0.0167. The zero-order chi connectivity index (χ0) is 27.1. The van der Waals surface area contributed by atoms with Crippen LogP contribution in [-0.2, 0) is 16.0 Å². The normalized spacial score (nSPS) is 10.8. The first-order chi connectivity index (χ1) is 18.7. The molecule has 0 radical (unpaired) electrons. The molecule has 2 aromatic carbocycles. The largest absolute Gasteiger partial charge is 0.376 e. The van der Waals surface area contributed by atoms with E-state index in [0.717, 1.165) is 29.9 Å². The van der Waals surface area contributed by atoms with Crippen molar-refractivity contribution in [1.29, 1.82) is 0 Å². The number of aryl methyl sites for hydroxylation is 1. The highest BCUT2D eigenvalue weighted by Gasteiger charge is 2.05. The second-order valence-corrected chi connectivity index (χ2v) is 10.4. The Morgan fingerprint density at radius 2 is 1.21 bits per heavy atom. The monoisotopic (exact) mass is 521 g/mol. The molecular formula is C33H51N3O2. The number of amides is 2. The average molecular weight is 522 g/mol. The average Bonchev–Trinajstić information content (AvgIpc) is 2.93. The van der Waals surface area contributed by atoms with E-state index in [-0.39, 0.29) is 18.4 Å². The van der Waals surface area contributed by atoms with Crippen molar-refractivity contribution in [2.75, 3.05) is 23.7 Å². The lowest BCUT2D eigenvalue weighted by atomic mass is 10.0. The van der Waals surface area contributed by atoms with Gasteiger partial charge in [-0.05, 0) is 36.6 Å². The van der Waals surface area contributed by atoms with E-state index in [0.29, 0.717) is 12.8 Å². The van der Waals surface area contributed by atoms with Crippen LogP contribution in [0.4, 0.5) is 11.4 Å². The molecule has 0 aliphatic carbocycles. The number of benzene rings is 2.